The van der Waals surface area contributed by atoms with E-state index in [1.165, 1.54) is 10.8 Å². The average molecular weight is 296 g/mol. The third kappa shape index (κ3) is 4.16. The van der Waals surface area contributed by atoms with Gasteiger partial charge in [0.2, 0.25) is 0 Å². The molecular formula is C18H20O2Si. The molecule has 0 atom stereocenters. The largest absolute Gasteiger partial charge is 0.478 e. The second-order valence-corrected chi connectivity index (χ2v) is 11.2. The maximum atomic E-state index is 10.8. The number of hydrogen-bond acceptors (Lipinski definition) is 1. The molecule has 0 bridgehead atoms. The molecule has 0 unspecified atom stereocenters. The van der Waals surface area contributed by atoms with Gasteiger partial charge in [0.15, 0.2) is 0 Å². The van der Waals surface area contributed by atoms with Gasteiger partial charge < -0.3 is 5.11 Å². The van der Waals surface area contributed by atoms with Gasteiger partial charge in [-0.05, 0) is 23.3 Å². The standard InChI is InChI=1S/C18H20O2Si/c1-21(2,3)17-6-4-5-15(13-17)8-7-14-9-11-16(12-10-14)18(19)20/h4-13H,1-3H3,(H,19,20). The molecule has 0 saturated heterocycles. The molecule has 0 spiro atoms. The van der Waals surface area contributed by atoms with E-state index in [1.54, 1.807) is 12.1 Å². The maximum absolute atomic E-state index is 10.8. The Bertz CT molecular complexity index is 664. The smallest absolute Gasteiger partial charge is 0.335 e. The van der Waals surface area contributed by atoms with Gasteiger partial charge >= 0.3 is 5.97 Å². The highest BCUT2D eigenvalue weighted by molar-refractivity contribution is 6.88. The summed E-state index contributed by atoms with van der Waals surface area (Å²) in [5.41, 5.74) is 2.49. The van der Waals surface area contributed by atoms with Crippen molar-refractivity contribution in [3.63, 3.8) is 0 Å². The van der Waals surface area contributed by atoms with E-state index in [-0.39, 0.29) is 0 Å². The van der Waals surface area contributed by atoms with E-state index in [9.17, 15) is 4.79 Å². The highest BCUT2D eigenvalue weighted by Gasteiger charge is 2.15. The van der Waals surface area contributed by atoms with Gasteiger partial charge in [0.05, 0.1) is 13.6 Å². The van der Waals surface area contributed by atoms with Crippen molar-refractivity contribution in [3.05, 3.63) is 65.2 Å². The first kappa shape index (κ1) is 15.3. The van der Waals surface area contributed by atoms with Crippen LogP contribution in [0.5, 0.6) is 0 Å². The fourth-order valence-electron chi connectivity index (χ4n) is 2.04. The lowest BCUT2D eigenvalue weighted by atomic mass is 10.1. The van der Waals surface area contributed by atoms with Crippen LogP contribution in [0, 0.1) is 0 Å². The Labute approximate surface area is 126 Å². The lowest BCUT2D eigenvalue weighted by molar-refractivity contribution is 0.0697. The number of carboxylic acid groups (broad SMARTS) is 1. The molecule has 0 fully saturated rings. The molecular weight excluding hydrogens is 276 g/mol. The van der Waals surface area contributed by atoms with E-state index >= 15 is 0 Å². The summed E-state index contributed by atoms with van der Waals surface area (Å²) in [6.45, 7) is 7.00. The van der Waals surface area contributed by atoms with Gasteiger partial charge in [-0.2, -0.15) is 0 Å². The van der Waals surface area contributed by atoms with Crippen molar-refractivity contribution in [1.82, 2.24) is 0 Å². The van der Waals surface area contributed by atoms with Crippen LogP contribution in [0.4, 0.5) is 0 Å². The van der Waals surface area contributed by atoms with Gasteiger partial charge in [-0.3, -0.25) is 0 Å². The molecule has 2 nitrogen and oxygen atoms in total. The number of hydrogen-bond donors (Lipinski definition) is 1. The predicted octanol–water partition coefficient (Wildman–Crippen LogP) is 4.10. The molecule has 2 aromatic rings. The Morgan fingerprint density at radius 1 is 0.952 bits per heavy atom. The first-order valence-corrected chi connectivity index (χ1v) is 10.5. The second-order valence-electron chi connectivity index (χ2n) is 6.14. The first-order chi connectivity index (χ1) is 9.86. The SMILES string of the molecule is C[Si](C)(C)c1cccc(C=Cc2ccc(C(=O)O)cc2)c1. The fourth-order valence-corrected chi connectivity index (χ4v) is 3.23. The molecule has 0 radical (unpaired) electrons. The molecule has 0 aromatic heterocycles. The van der Waals surface area contributed by atoms with Gasteiger partial charge in [-0.15, -0.1) is 0 Å². The van der Waals surface area contributed by atoms with Crippen molar-refractivity contribution in [2.75, 3.05) is 0 Å². The van der Waals surface area contributed by atoms with E-state index < -0.39 is 14.0 Å². The summed E-state index contributed by atoms with van der Waals surface area (Å²) in [4.78, 5) is 10.8. The molecule has 0 aliphatic heterocycles. The minimum absolute atomic E-state index is 0.313. The summed E-state index contributed by atoms with van der Waals surface area (Å²) in [5, 5.41) is 10.3. The van der Waals surface area contributed by atoms with Gasteiger partial charge in [-0.1, -0.05) is 73.4 Å². The van der Waals surface area contributed by atoms with E-state index in [0.717, 1.165) is 5.56 Å². The Morgan fingerprint density at radius 2 is 1.57 bits per heavy atom. The molecule has 2 rings (SSSR count). The van der Waals surface area contributed by atoms with Crippen molar-refractivity contribution >= 4 is 31.4 Å². The lowest BCUT2D eigenvalue weighted by Crippen LogP contribution is -2.37. The summed E-state index contributed by atoms with van der Waals surface area (Å²) in [5.74, 6) is -0.895. The van der Waals surface area contributed by atoms with Gasteiger partial charge in [-0.25, -0.2) is 4.79 Å². The first-order valence-electron chi connectivity index (χ1n) is 6.98. The van der Waals surface area contributed by atoms with Gasteiger partial charge in [0.25, 0.3) is 0 Å². The Morgan fingerprint density at radius 3 is 2.14 bits per heavy atom. The zero-order chi connectivity index (χ0) is 15.5. The monoisotopic (exact) mass is 296 g/mol. The summed E-state index contributed by atoms with van der Waals surface area (Å²) in [6, 6.07) is 15.5. The zero-order valence-corrected chi connectivity index (χ0v) is 13.6. The molecule has 2 aromatic carbocycles. The van der Waals surface area contributed by atoms with Gasteiger partial charge in [0.1, 0.15) is 0 Å². The Balaban J connectivity index is 2.19. The molecule has 108 valence electrons. The van der Waals surface area contributed by atoms with Crippen molar-refractivity contribution in [2.24, 2.45) is 0 Å². The molecule has 0 heterocycles. The van der Waals surface area contributed by atoms with Crippen LogP contribution in [-0.4, -0.2) is 19.1 Å². The topological polar surface area (TPSA) is 37.3 Å². The second kappa shape index (κ2) is 6.10. The third-order valence-corrected chi connectivity index (χ3v) is 5.42. The minimum atomic E-state index is -1.29. The van der Waals surface area contributed by atoms with E-state index in [2.05, 4.69) is 50.0 Å². The lowest BCUT2D eigenvalue weighted by Gasteiger charge is -2.16. The molecule has 1 N–H and O–H groups in total. The quantitative estimate of drug-likeness (QED) is 0.681. The van der Waals surface area contributed by atoms with Crippen molar-refractivity contribution in [1.29, 1.82) is 0 Å². The van der Waals surface area contributed by atoms with Crippen molar-refractivity contribution < 1.29 is 9.90 Å². The van der Waals surface area contributed by atoms with Crippen LogP contribution in [0.2, 0.25) is 19.6 Å². The minimum Gasteiger partial charge on any atom is -0.478 e. The molecule has 0 saturated carbocycles. The zero-order valence-electron chi connectivity index (χ0n) is 12.6. The summed E-state index contributed by atoms with van der Waals surface area (Å²) >= 11 is 0. The molecule has 0 aliphatic carbocycles. The highest BCUT2D eigenvalue weighted by atomic mass is 28.3. The number of aromatic carboxylic acids is 1. The Kier molecular flexibility index (Phi) is 4.43. The molecule has 0 aliphatic rings. The molecule has 0 amide bonds. The predicted molar refractivity (Wildman–Crippen MR) is 91.8 cm³/mol. The summed E-state index contributed by atoms with van der Waals surface area (Å²) < 4.78 is 0. The normalized spacial score (nSPS) is 11.8. The third-order valence-electron chi connectivity index (χ3n) is 3.38. The van der Waals surface area contributed by atoms with Crippen LogP contribution in [0.3, 0.4) is 0 Å². The van der Waals surface area contributed by atoms with Crippen molar-refractivity contribution in [3.8, 4) is 0 Å². The van der Waals surface area contributed by atoms with Crippen LogP contribution in [0.1, 0.15) is 21.5 Å². The van der Waals surface area contributed by atoms with Crippen LogP contribution in [0.25, 0.3) is 12.2 Å². The Hall–Kier alpha value is -2.13. The van der Waals surface area contributed by atoms with Crippen molar-refractivity contribution in [2.45, 2.75) is 19.6 Å². The fraction of sp³-hybridized carbons (Fsp3) is 0.167. The summed E-state index contributed by atoms with van der Waals surface area (Å²) in [6.07, 6.45) is 4.08. The number of benzene rings is 2. The number of carbonyl (C=O) groups is 1. The van der Waals surface area contributed by atoms with Crippen LogP contribution < -0.4 is 5.19 Å². The van der Waals surface area contributed by atoms with E-state index in [1.807, 2.05) is 18.2 Å². The van der Waals surface area contributed by atoms with Crippen LogP contribution in [-0.2, 0) is 0 Å². The molecule has 21 heavy (non-hydrogen) atoms. The van der Waals surface area contributed by atoms with E-state index in [4.69, 9.17) is 5.11 Å². The molecule has 3 heteroatoms. The number of carboxylic acids is 1. The summed E-state index contributed by atoms with van der Waals surface area (Å²) in [7, 11) is -1.29. The van der Waals surface area contributed by atoms with Crippen LogP contribution >= 0.6 is 0 Å². The maximum Gasteiger partial charge on any atom is 0.335 e. The van der Waals surface area contributed by atoms with Gasteiger partial charge in [0, 0.05) is 0 Å². The highest BCUT2D eigenvalue weighted by Crippen LogP contribution is 2.11. The number of rotatable bonds is 4. The average Bonchev–Trinajstić information content (AvgIpc) is 2.45. The van der Waals surface area contributed by atoms with Crippen LogP contribution in [0.15, 0.2) is 48.5 Å². The van der Waals surface area contributed by atoms with E-state index in [0.29, 0.717) is 5.56 Å².